The fourth-order valence-electron chi connectivity index (χ4n) is 1.62. The number of thiol groups is 2. The number of aliphatic carboxylic acids is 2. The van der Waals surface area contributed by atoms with E-state index in [0.717, 1.165) is 6.42 Å². The van der Waals surface area contributed by atoms with E-state index in [1.807, 2.05) is 18.2 Å². The van der Waals surface area contributed by atoms with Gasteiger partial charge in [-0.25, -0.2) is 4.79 Å². The van der Waals surface area contributed by atoms with Gasteiger partial charge in [0.15, 0.2) is 0 Å². The Morgan fingerprint density at radius 3 is 1.86 bits per heavy atom. The lowest BCUT2D eigenvalue weighted by Crippen LogP contribution is -2.35. The van der Waals surface area contributed by atoms with Crippen molar-refractivity contribution in [3.05, 3.63) is 35.9 Å². The van der Waals surface area contributed by atoms with Gasteiger partial charge in [-0.2, -0.15) is 0 Å². The van der Waals surface area contributed by atoms with Gasteiger partial charge in [0.2, 0.25) is 0 Å². The van der Waals surface area contributed by atoms with Crippen LogP contribution in [0.4, 0.5) is 4.79 Å². The number of amides is 1. The third-order valence-electron chi connectivity index (χ3n) is 2.78. The number of carbonyl (C=O) groups excluding carboxylic acids is 1. The van der Waals surface area contributed by atoms with Crippen LogP contribution in [-0.4, -0.2) is 46.9 Å². The zero-order valence-corrected chi connectivity index (χ0v) is 18.8. The minimum absolute atomic E-state index is 0.0941. The molecular formula is C18H31N3O6S2. The molecule has 1 amide bonds. The van der Waals surface area contributed by atoms with Crippen molar-refractivity contribution in [3.8, 4) is 0 Å². The van der Waals surface area contributed by atoms with Gasteiger partial charge in [-0.05, 0) is 32.8 Å². The van der Waals surface area contributed by atoms with Crippen LogP contribution in [-0.2, 0) is 14.3 Å². The Morgan fingerprint density at radius 1 is 1.03 bits per heavy atom. The lowest BCUT2D eigenvalue weighted by molar-refractivity contribution is -0.136. The summed E-state index contributed by atoms with van der Waals surface area (Å²) in [4.78, 5) is 30.3. The molecule has 1 aromatic carbocycles. The molecule has 0 bridgehead atoms. The monoisotopic (exact) mass is 449 g/mol. The largest absolute Gasteiger partial charge is 0.480 e. The Bertz CT molecular complexity index is 593. The molecule has 29 heavy (non-hydrogen) atoms. The van der Waals surface area contributed by atoms with Gasteiger partial charge in [-0.3, -0.25) is 19.0 Å². The van der Waals surface area contributed by atoms with Crippen LogP contribution in [0.25, 0.3) is 0 Å². The summed E-state index contributed by atoms with van der Waals surface area (Å²) in [5.74, 6) is -1.99. The van der Waals surface area contributed by atoms with Crippen LogP contribution in [0.15, 0.2) is 30.3 Å². The lowest BCUT2D eigenvalue weighted by Gasteiger charge is -2.19. The summed E-state index contributed by atoms with van der Waals surface area (Å²) in [6.45, 7) is 6.73. The van der Waals surface area contributed by atoms with Gasteiger partial charge in [-0.1, -0.05) is 62.9 Å². The van der Waals surface area contributed by atoms with E-state index in [1.165, 1.54) is 5.56 Å². The van der Waals surface area contributed by atoms with E-state index in [9.17, 15) is 14.4 Å². The molecule has 0 aliphatic rings. The molecule has 0 saturated heterocycles. The molecule has 0 radical (unpaired) electrons. The Labute approximate surface area is 182 Å². The summed E-state index contributed by atoms with van der Waals surface area (Å²) in [5.41, 5.74) is 0.702. The van der Waals surface area contributed by atoms with Crippen LogP contribution in [0.5, 0.6) is 0 Å². The van der Waals surface area contributed by atoms with Crippen LogP contribution in [0.1, 0.15) is 45.7 Å². The summed E-state index contributed by atoms with van der Waals surface area (Å²) in [6, 6.07) is 10.7. The van der Waals surface area contributed by atoms with Crippen molar-refractivity contribution in [2.24, 2.45) is 0 Å². The minimum atomic E-state index is -1.10. The summed E-state index contributed by atoms with van der Waals surface area (Å²) in [5, 5.41) is 18.1. The molecule has 0 heterocycles. The molecular weight excluding hydrogens is 418 g/mol. The van der Waals surface area contributed by atoms with Crippen molar-refractivity contribution in [1.82, 2.24) is 14.8 Å². The number of carboxylic acids is 2. The van der Waals surface area contributed by atoms with Crippen molar-refractivity contribution in [2.45, 2.75) is 45.8 Å². The average molecular weight is 450 g/mol. The van der Waals surface area contributed by atoms with Crippen LogP contribution >= 0.6 is 25.6 Å². The van der Waals surface area contributed by atoms with Crippen molar-refractivity contribution < 1.29 is 29.3 Å². The van der Waals surface area contributed by atoms with Gasteiger partial charge in [0, 0.05) is 6.04 Å². The van der Waals surface area contributed by atoms with E-state index in [2.05, 4.69) is 59.4 Å². The molecule has 0 saturated carbocycles. The number of nitrogens with one attached hydrogen (secondary N) is 3. The normalized spacial score (nSPS) is 11.0. The van der Waals surface area contributed by atoms with E-state index in [1.54, 1.807) is 20.8 Å². The molecule has 0 spiro atoms. The van der Waals surface area contributed by atoms with Crippen LogP contribution in [0.3, 0.4) is 0 Å². The minimum Gasteiger partial charge on any atom is -0.480 e. The van der Waals surface area contributed by atoms with Crippen molar-refractivity contribution in [1.29, 1.82) is 0 Å². The summed E-state index contributed by atoms with van der Waals surface area (Å²) >= 11 is 7.49. The molecule has 0 aliphatic heterocycles. The number of hydrogen-bond donors (Lipinski definition) is 7. The first-order valence-electron chi connectivity index (χ1n) is 8.68. The summed E-state index contributed by atoms with van der Waals surface area (Å²) in [6.07, 6.45) is 0.345. The van der Waals surface area contributed by atoms with Gasteiger partial charge in [0.05, 0.1) is 0 Å². The number of carboxylic acid groups (broad SMARTS) is 2. The maximum Gasteiger partial charge on any atom is 0.408 e. The van der Waals surface area contributed by atoms with Crippen molar-refractivity contribution >= 4 is 43.7 Å². The molecule has 0 aromatic heterocycles. The van der Waals surface area contributed by atoms with Crippen molar-refractivity contribution in [3.63, 3.8) is 0 Å². The summed E-state index contributed by atoms with van der Waals surface area (Å²) < 4.78 is 9.90. The molecule has 5 N–H and O–H groups in total. The molecule has 1 atom stereocenters. The lowest BCUT2D eigenvalue weighted by atomic mass is 10.1. The van der Waals surface area contributed by atoms with E-state index in [4.69, 9.17) is 14.9 Å². The smallest absolute Gasteiger partial charge is 0.408 e. The van der Waals surface area contributed by atoms with Crippen molar-refractivity contribution in [2.75, 3.05) is 13.1 Å². The van der Waals surface area contributed by atoms with Gasteiger partial charge in [0.1, 0.15) is 18.7 Å². The number of rotatable bonds is 7. The van der Waals surface area contributed by atoms with Crippen LogP contribution < -0.4 is 14.8 Å². The molecule has 0 aliphatic carbocycles. The van der Waals surface area contributed by atoms with Gasteiger partial charge >= 0.3 is 18.0 Å². The molecule has 1 unspecified atom stereocenters. The number of benzene rings is 1. The predicted molar refractivity (Wildman–Crippen MR) is 118 cm³/mol. The number of carbonyl (C=O) groups is 3. The number of hydrogen-bond acceptors (Lipinski definition) is 8. The maximum absolute atomic E-state index is 10.8. The predicted octanol–water partition coefficient (Wildman–Crippen LogP) is 2.67. The Hall–Kier alpha value is -1.95. The second kappa shape index (κ2) is 17.0. The first-order chi connectivity index (χ1) is 13.5. The standard InChI is InChI=1S/C9H13NS.C7H13NO4.C2H5NO2S/c1-2-9(10-11)8-6-4-3-5-7-8;1-7(2,3)12-6(11)8-4-5(9)10;4-2(5)1-3-6/h3-7,9-11H,2H2,1H3;4H2,1-3H3,(H,8,11)(H,9,10);3,6H,1H2,(H,4,5). The Balaban J connectivity index is 0. The maximum atomic E-state index is 10.8. The second-order valence-corrected chi connectivity index (χ2v) is 7.05. The quantitative estimate of drug-likeness (QED) is 0.316. The van der Waals surface area contributed by atoms with Gasteiger partial charge < -0.3 is 20.3 Å². The zero-order chi connectivity index (χ0) is 22.9. The Kier molecular flexibility index (Phi) is 17.1. The fraction of sp³-hybridized carbons (Fsp3) is 0.500. The van der Waals surface area contributed by atoms with Crippen LogP contribution in [0.2, 0.25) is 0 Å². The van der Waals surface area contributed by atoms with Crippen LogP contribution in [0, 0.1) is 0 Å². The highest BCUT2D eigenvalue weighted by atomic mass is 32.1. The van der Waals surface area contributed by atoms with E-state index < -0.39 is 30.2 Å². The highest BCUT2D eigenvalue weighted by Crippen LogP contribution is 2.15. The summed E-state index contributed by atoms with van der Waals surface area (Å²) in [7, 11) is 0. The Morgan fingerprint density at radius 2 is 1.55 bits per heavy atom. The highest BCUT2D eigenvalue weighted by molar-refractivity contribution is 7.78. The molecule has 9 nitrogen and oxygen atoms in total. The number of ether oxygens (including phenoxy) is 1. The third kappa shape index (κ3) is 20.6. The average Bonchev–Trinajstić information content (AvgIpc) is 2.61. The molecule has 1 rings (SSSR count). The zero-order valence-electron chi connectivity index (χ0n) is 17.0. The molecule has 1 aromatic rings. The fourth-order valence-corrected chi connectivity index (χ4v) is 2.08. The van der Waals surface area contributed by atoms with Gasteiger partial charge in [-0.15, -0.1) is 0 Å². The second-order valence-electron chi connectivity index (χ2n) is 6.48. The van der Waals surface area contributed by atoms with Gasteiger partial charge in [0.25, 0.3) is 0 Å². The van der Waals surface area contributed by atoms with E-state index in [0.29, 0.717) is 6.04 Å². The third-order valence-corrected chi connectivity index (χ3v) is 3.25. The van der Waals surface area contributed by atoms with E-state index in [-0.39, 0.29) is 6.54 Å². The topological polar surface area (TPSA) is 137 Å². The first kappa shape index (κ1) is 29.3. The SMILES string of the molecule is CC(C)(C)OC(=O)NCC(=O)O.CCC(NS)c1ccccc1.O=C(O)CNS. The molecule has 166 valence electrons. The number of alkyl carbamates (subject to hydrolysis) is 1. The molecule has 0 fully saturated rings. The first-order valence-corrected chi connectivity index (χ1v) is 9.58. The highest BCUT2D eigenvalue weighted by Gasteiger charge is 2.16. The molecule has 11 heteroatoms. The van der Waals surface area contributed by atoms with E-state index >= 15 is 0 Å².